The lowest BCUT2D eigenvalue weighted by Gasteiger charge is -2.30. The molecule has 1 atom stereocenters. The van der Waals surface area contributed by atoms with Gasteiger partial charge in [0.1, 0.15) is 5.75 Å². The third-order valence-electron chi connectivity index (χ3n) is 4.80. The zero-order valence-electron chi connectivity index (χ0n) is 15.2. The van der Waals surface area contributed by atoms with Crippen LogP contribution in [0.15, 0.2) is 29.6 Å². The van der Waals surface area contributed by atoms with E-state index < -0.39 is 12.0 Å². The van der Waals surface area contributed by atoms with E-state index in [1.807, 2.05) is 29.6 Å². The average Bonchev–Trinajstić information content (AvgIpc) is 3.15. The number of rotatable bonds is 7. The molecule has 0 saturated carbocycles. The number of anilines is 1. The highest BCUT2D eigenvalue weighted by Gasteiger charge is 2.31. The number of aliphatic carboxylic acids is 1. The highest BCUT2D eigenvalue weighted by atomic mass is 32.1. The summed E-state index contributed by atoms with van der Waals surface area (Å²) < 4.78 is 5.15. The molecular weight excluding hydrogens is 366 g/mol. The quantitative estimate of drug-likeness (QED) is 0.712. The molecule has 0 unspecified atom stereocenters. The highest BCUT2D eigenvalue weighted by Crippen LogP contribution is 2.26. The van der Waals surface area contributed by atoms with Crippen molar-refractivity contribution >= 4 is 28.3 Å². The second-order valence-corrected chi connectivity index (χ2v) is 7.46. The van der Waals surface area contributed by atoms with Crippen molar-refractivity contribution in [1.82, 2.24) is 4.98 Å². The number of quaternary nitrogens is 1. The van der Waals surface area contributed by atoms with E-state index in [-0.39, 0.29) is 12.3 Å². The van der Waals surface area contributed by atoms with Gasteiger partial charge in [-0.3, -0.25) is 10.1 Å². The Labute approximate surface area is 162 Å². The van der Waals surface area contributed by atoms with Crippen molar-refractivity contribution in [2.24, 2.45) is 0 Å². The summed E-state index contributed by atoms with van der Waals surface area (Å²) in [4.78, 5) is 29.3. The molecule has 27 heavy (non-hydrogen) atoms. The molecule has 2 N–H and O–H groups in total. The number of carboxylic acids is 1. The van der Waals surface area contributed by atoms with Gasteiger partial charge in [-0.25, -0.2) is 4.98 Å². The number of aromatic nitrogens is 1. The Balaban J connectivity index is 1.69. The van der Waals surface area contributed by atoms with Gasteiger partial charge in [0.2, 0.25) is 0 Å². The second-order valence-electron chi connectivity index (χ2n) is 6.60. The van der Waals surface area contributed by atoms with E-state index in [1.165, 1.54) is 11.3 Å². The maximum Gasteiger partial charge on any atom is 0.284 e. The molecule has 1 aromatic carbocycles. The van der Waals surface area contributed by atoms with Gasteiger partial charge in [-0.1, -0.05) is 0 Å². The van der Waals surface area contributed by atoms with Crippen molar-refractivity contribution in [1.29, 1.82) is 0 Å². The second kappa shape index (κ2) is 8.96. The van der Waals surface area contributed by atoms with Crippen LogP contribution in [0.5, 0.6) is 5.75 Å². The van der Waals surface area contributed by atoms with Crippen LogP contribution in [0.2, 0.25) is 0 Å². The van der Waals surface area contributed by atoms with Gasteiger partial charge in [-0.2, -0.15) is 0 Å². The Hall–Kier alpha value is -2.45. The van der Waals surface area contributed by atoms with Crippen LogP contribution in [0.1, 0.15) is 25.7 Å². The molecule has 1 saturated heterocycles. The predicted octanol–water partition coefficient (Wildman–Crippen LogP) is 0.335. The van der Waals surface area contributed by atoms with Crippen LogP contribution in [0.4, 0.5) is 5.13 Å². The van der Waals surface area contributed by atoms with Crippen LogP contribution >= 0.6 is 11.3 Å². The lowest BCUT2D eigenvalue weighted by molar-refractivity contribution is -0.920. The zero-order chi connectivity index (χ0) is 19.2. The smallest absolute Gasteiger partial charge is 0.284 e. The van der Waals surface area contributed by atoms with Gasteiger partial charge < -0.3 is 19.5 Å². The largest absolute Gasteiger partial charge is 0.550 e. The lowest BCUT2D eigenvalue weighted by Crippen LogP contribution is -3.17. The van der Waals surface area contributed by atoms with Crippen LogP contribution in [-0.2, 0) is 9.59 Å². The first kappa shape index (κ1) is 19.3. The van der Waals surface area contributed by atoms with Gasteiger partial charge in [0.15, 0.2) is 11.2 Å². The number of carbonyl (C=O) groups is 2. The minimum absolute atomic E-state index is 0.280. The van der Waals surface area contributed by atoms with E-state index in [0.29, 0.717) is 5.13 Å². The van der Waals surface area contributed by atoms with Crippen molar-refractivity contribution in [2.75, 3.05) is 25.5 Å². The Morgan fingerprint density at radius 1 is 1.26 bits per heavy atom. The van der Waals surface area contributed by atoms with E-state index in [1.54, 1.807) is 7.11 Å². The molecule has 7 nitrogen and oxygen atoms in total. The van der Waals surface area contributed by atoms with Crippen LogP contribution in [0.25, 0.3) is 11.3 Å². The van der Waals surface area contributed by atoms with Crippen molar-refractivity contribution in [3.05, 3.63) is 29.6 Å². The standard InChI is InChI=1S/C19H23N3O4S/c1-26-14-7-5-13(6-8-14)15-12-27-19(20-15)21-18(25)16(11-17(23)24)22-9-3-2-4-10-22/h5-8,12,16H,2-4,9-11H2,1H3,(H,23,24)(H,20,21,25)/t16-/m1/s1. The van der Waals surface area contributed by atoms with E-state index >= 15 is 0 Å². The number of benzene rings is 1. The molecule has 3 rings (SSSR count). The molecule has 1 aliphatic heterocycles. The summed E-state index contributed by atoms with van der Waals surface area (Å²) in [7, 11) is 1.61. The Bertz CT molecular complexity index is 785. The fraction of sp³-hybridized carbons (Fsp3) is 0.421. The topological polar surface area (TPSA) is 95.8 Å². The molecule has 0 aliphatic carbocycles. The van der Waals surface area contributed by atoms with Crippen LogP contribution in [0, 0.1) is 0 Å². The summed E-state index contributed by atoms with van der Waals surface area (Å²) >= 11 is 1.32. The number of ether oxygens (including phenoxy) is 1. The fourth-order valence-electron chi connectivity index (χ4n) is 3.36. The first-order valence-electron chi connectivity index (χ1n) is 9.02. The number of hydrogen-bond acceptors (Lipinski definition) is 6. The van der Waals surface area contributed by atoms with Crippen molar-refractivity contribution in [2.45, 2.75) is 31.7 Å². The van der Waals surface area contributed by atoms with E-state index in [9.17, 15) is 14.7 Å². The van der Waals surface area contributed by atoms with Crippen LogP contribution in [-0.4, -0.2) is 43.1 Å². The molecule has 2 aromatic rings. The van der Waals surface area contributed by atoms with Gasteiger partial charge in [-0.15, -0.1) is 11.3 Å². The number of nitrogens with zero attached hydrogens (tertiary/aromatic N) is 1. The summed E-state index contributed by atoms with van der Waals surface area (Å²) in [6.07, 6.45) is 2.86. The Morgan fingerprint density at radius 2 is 1.96 bits per heavy atom. The number of likely N-dealkylation sites (tertiary alicyclic amines) is 1. The minimum atomic E-state index is -1.20. The number of thiazole rings is 1. The van der Waals surface area contributed by atoms with Crippen molar-refractivity contribution in [3.63, 3.8) is 0 Å². The van der Waals surface area contributed by atoms with E-state index in [0.717, 1.165) is 54.3 Å². The first-order valence-corrected chi connectivity index (χ1v) is 9.90. The van der Waals surface area contributed by atoms with Crippen LogP contribution < -0.4 is 20.1 Å². The molecule has 2 heterocycles. The zero-order valence-corrected chi connectivity index (χ0v) is 16.0. The molecule has 0 bridgehead atoms. The van der Waals surface area contributed by atoms with Gasteiger partial charge in [-0.05, 0) is 43.5 Å². The molecule has 8 heteroatoms. The predicted molar refractivity (Wildman–Crippen MR) is 101 cm³/mol. The van der Waals surface area contributed by atoms with Gasteiger partial charge >= 0.3 is 0 Å². The molecular formula is C19H23N3O4S. The maximum absolute atomic E-state index is 12.7. The number of carbonyl (C=O) groups excluding carboxylic acids is 2. The Morgan fingerprint density at radius 3 is 2.59 bits per heavy atom. The number of piperidine rings is 1. The van der Waals surface area contributed by atoms with Crippen molar-refractivity contribution < 1.29 is 24.3 Å². The molecule has 1 fully saturated rings. The molecule has 1 aromatic heterocycles. The number of hydrogen-bond donors (Lipinski definition) is 2. The average molecular weight is 389 g/mol. The molecule has 1 amide bonds. The van der Waals surface area contributed by atoms with Crippen molar-refractivity contribution in [3.8, 4) is 17.0 Å². The third kappa shape index (κ3) is 5.05. The monoisotopic (exact) mass is 389 g/mol. The summed E-state index contributed by atoms with van der Waals surface area (Å²) in [6.45, 7) is 1.61. The lowest BCUT2D eigenvalue weighted by atomic mass is 10.1. The summed E-state index contributed by atoms with van der Waals surface area (Å²) in [5.41, 5.74) is 1.67. The van der Waals surface area contributed by atoms with Crippen LogP contribution in [0.3, 0.4) is 0 Å². The SMILES string of the molecule is COc1ccc(-c2csc(NC(=O)[C@@H](CC(=O)[O-])[NH+]3CCCCC3)n2)cc1. The maximum atomic E-state index is 12.7. The van der Waals surface area contributed by atoms with Gasteiger partial charge in [0.25, 0.3) is 5.91 Å². The minimum Gasteiger partial charge on any atom is -0.550 e. The number of nitrogens with one attached hydrogen (secondary N) is 2. The Kier molecular flexibility index (Phi) is 6.41. The third-order valence-corrected chi connectivity index (χ3v) is 5.55. The van der Waals surface area contributed by atoms with E-state index in [4.69, 9.17) is 4.74 Å². The van der Waals surface area contributed by atoms with Gasteiger partial charge in [0.05, 0.1) is 25.9 Å². The van der Waals surface area contributed by atoms with E-state index in [2.05, 4.69) is 10.3 Å². The number of carboxylic acid groups (broad SMARTS) is 1. The molecule has 1 aliphatic rings. The fourth-order valence-corrected chi connectivity index (χ4v) is 4.08. The summed E-state index contributed by atoms with van der Waals surface area (Å²) in [6, 6.07) is 6.85. The summed E-state index contributed by atoms with van der Waals surface area (Å²) in [5.74, 6) is -0.754. The molecule has 0 radical (unpaired) electrons. The molecule has 144 valence electrons. The highest BCUT2D eigenvalue weighted by molar-refractivity contribution is 7.14. The first-order chi connectivity index (χ1) is 13.1. The molecule has 0 spiro atoms. The normalized spacial score (nSPS) is 15.9. The van der Waals surface area contributed by atoms with Gasteiger partial charge in [0, 0.05) is 23.3 Å². The number of methoxy groups -OCH3 is 1. The number of amides is 1. The summed E-state index contributed by atoms with van der Waals surface area (Å²) in [5, 5.41) is 16.2.